The second-order valence-electron chi connectivity index (χ2n) is 8.42. The highest BCUT2D eigenvalue weighted by atomic mass is 79.9. The lowest BCUT2D eigenvalue weighted by atomic mass is 10.1. The molecule has 0 radical (unpaired) electrons. The van der Waals surface area contributed by atoms with Crippen LogP contribution in [-0.4, -0.2) is 36.8 Å². The van der Waals surface area contributed by atoms with Gasteiger partial charge < -0.3 is 23.5 Å². The summed E-state index contributed by atoms with van der Waals surface area (Å²) >= 11 is 3.43. The van der Waals surface area contributed by atoms with Gasteiger partial charge in [0.05, 0.1) is 42.4 Å². The van der Waals surface area contributed by atoms with E-state index >= 15 is 0 Å². The smallest absolute Gasteiger partial charge is 0.344 e. The first-order chi connectivity index (χ1) is 18.5. The number of carbonyl (C=O) groups is 1. The molecular weight excluding hydrogens is 548 g/mol. The average molecular weight is 573 g/mol. The Kier molecular flexibility index (Phi) is 7.33. The van der Waals surface area contributed by atoms with E-state index in [-0.39, 0.29) is 5.56 Å². The minimum Gasteiger partial charge on any atom is -0.493 e. The van der Waals surface area contributed by atoms with Crippen molar-refractivity contribution < 1.29 is 23.7 Å². The first kappa shape index (κ1) is 25.4. The van der Waals surface area contributed by atoms with Crippen LogP contribution in [0.3, 0.4) is 0 Å². The monoisotopic (exact) mass is 572 g/mol. The fraction of sp³-hybridized carbons (Fsp3) is 0.133. The topological polar surface area (TPSA) is 71.8 Å². The van der Waals surface area contributed by atoms with Gasteiger partial charge >= 0.3 is 5.97 Å². The molecule has 192 valence electrons. The normalized spacial score (nSPS) is 10.8. The predicted molar refractivity (Wildman–Crippen MR) is 149 cm³/mol. The van der Waals surface area contributed by atoms with E-state index < -0.39 is 5.97 Å². The molecule has 0 aliphatic rings. The van der Waals surface area contributed by atoms with Gasteiger partial charge in [0, 0.05) is 12.1 Å². The Morgan fingerprint density at radius 3 is 2.21 bits per heavy atom. The van der Waals surface area contributed by atoms with Crippen LogP contribution in [0.15, 0.2) is 89.4 Å². The van der Waals surface area contributed by atoms with Gasteiger partial charge in [-0.15, -0.1) is 0 Å². The van der Waals surface area contributed by atoms with Crippen molar-refractivity contribution in [1.82, 2.24) is 9.55 Å². The molecule has 0 aliphatic carbocycles. The molecule has 8 heteroatoms. The maximum Gasteiger partial charge on any atom is 0.344 e. The Morgan fingerprint density at radius 1 is 0.842 bits per heavy atom. The molecule has 4 aromatic carbocycles. The van der Waals surface area contributed by atoms with Crippen molar-refractivity contribution in [2.45, 2.75) is 6.54 Å². The molecule has 0 saturated carbocycles. The number of rotatable bonds is 8. The van der Waals surface area contributed by atoms with Crippen molar-refractivity contribution in [2.75, 3.05) is 21.3 Å². The van der Waals surface area contributed by atoms with E-state index in [9.17, 15) is 4.79 Å². The fourth-order valence-corrected chi connectivity index (χ4v) is 4.94. The number of hydrogen-bond acceptors (Lipinski definition) is 6. The van der Waals surface area contributed by atoms with Crippen molar-refractivity contribution in [2.24, 2.45) is 0 Å². The summed E-state index contributed by atoms with van der Waals surface area (Å²) in [7, 11) is 4.48. The van der Waals surface area contributed by atoms with E-state index in [1.54, 1.807) is 18.2 Å². The molecule has 1 heterocycles. The Bertz CT molecular complexity index is 1600. The molecule has 0 amide bonds. The number of esters is 1. The summed E-state index contributed by atoms with van der Waals surface area (Å²) < 4.78 is 24.5. The minimum absolute atomic E-state index is 0.244. The molecule has 7 nitrogen and oxygen atoms in total. The number of carbonyl (C=O) groups excluding carboxylic acids is 1. The van der Waals surface area contributed by atoms with Crippen LogP contribution in [0.5, 0.6) is 23.0 Å². The predicted octanol–water partition coefficient (Wildman–Crippen LogP) is 6.76. The maximum absolute atomic E-state index is 13.1. The summed E-state index contributed by atoms with van der Waals surface area (Å²) in [5.41, 5.74) is 4.30. The molecule has 0 N–H and O–H groups in total. The van der Waals surface area contributed by atoms with Gasteiger partial charge in [-0.25, -0.2) is 9.78 Å². The van der Waals surface area contributed by atoms with Gasteiger partial charge in [0.2, 0.25) is 5.75 Å². The molecule has 0 saturated heterocycles. The number of aromatic nitrogens is 2. The van der Waals surface area contributed by atoms with Gasteiger partial charge in [-0.05, 0) is 64.0 Å². The SMILES string of the molecule is COc1cc(C(=O)Oc2ccc(-c3nc4ccccc4n3Cc3ccccc3)cc2)c(Br)c(OC)c1OC. The summed E-state index contributed by atoms with van der Waals surface area (Å²) in [6.45, 7) is 0.683. The zero-order valence-corrected chi connectivity index (χ0v) is 22.7. The van der Waals surface area contributed by atoms with Crippen LogP contribution >= 0.6 is 15.9 Å². The average Bonchev–Trinajstić information content (AvgIpc) is 3.31. The van der Waals surface area contributed by atoms with Gasteiger partial charge in [-0.1, -0.05) is 42.5 Å². The summed E-state index contributed by atoms with van der Waals surface area (Å²) in [6.07, 6.45) is 0. The van der Waals surface area contributed by atoms with E-state index in [0.717, 1.165) is 22.4 Å². The van der Waals surface area contributed by atoms with Crippen molar-refractivity contribution in [3.8, 4) is 34.4 Å². The van der Waals surface area contributed by atoms with Crippen LogP contribution in [0, 0.1) is 0 Å². The summed E-state index contributed by atoms with van der Waals surface area (Å²) in [4.78, 5) is 18.0. The Balaban J connectivity index is 1.45. The number of nitrogens with zero attached hydrogens (tertiary/aromatic N) is 2. The second kappa shape index (κ2) is 11.0. The van der Waals surface area contributed by atoms with Crippen molar-refractivity contribution in [1.29, 1.82) is 0 Å². The summed E-state index contributed by atoms with van der Waals surface area (Å²) in [6, 6.07) is 27.2. The minimum atomic E-state index is -0.569. The maximum atomic E-state index is 13.1. The van der Waals surface area contributed by atoms with Gasteiger partial charge in [0.15, 0.2) is 11.5 Å². The van der Waals surface area contributed by atoms with Gasteiger partial charge in [-0.3, -0.25) is 0 Å². The number of methoxy groups -OCH3 is 3. The highest BCUT2D eigenvalue weighted by Crippen LogP contribution is 2.45. The first-order valence-electron chi connectivity index (χ1n) is 11.8. The molecule has 1 aromatic heterocycles. The number of imidazole rings is 1. The number of hydrogen-bond donors (Lipinski definition) is 0. The Morgan fingerprint density at radius 2 is 1.53 bits per heavy atom. The largest absolute Gasteiger partial charge is 0.493 e. The molecule has 0 unspecified atom stereocenters. The van der Waals surface area contributed by atoms with E-state index in [1.165, 1.54) is 26.9 Å². The van der Waals surface area contributed by atoms with Crippen molar-refractivity contribution >= 4 is 32.9 Å². The molecule has 0 aliphatic heterocycles. The number of ether oxygens (including phenoxy) is 4. The Labute approximate surface area is 228 Å². The van der Waals surface area contributed by atoms with Gasteiger partial charge in [0.1, 0.15) is 11.6 Å². The second-order valence-corrected chi connectivity index (χ2v) is 9.21. The van der Waals surface area contributed by atoms with Crippen LogP contribution in [0.2, 0.25) is 0 Å². The summed E-state index contributed by atoms with van der Waals surface area (Å²) in [5.74, 6) is 1.73. The van der Waals surface area contributed by atoms with Crippen LogP contribution in [0.4, 0.5) is 0 Å². The van der Waals surface area contributed by atoms with Crippen LogP contribution in [0.1, 0.15) is 15.9 Å². The third kappa shape index (κ3) is 4.82. The number of halogens is 1. The van der Waals surface area contributed by atoms with Crippen molar-refractivity contribution in [3.05, 3.63) is 101 Å². The molecule has 5 aromatic rings. The van der Waals surface area contributed by atoms with Gasteiger partial charge in [-0.2, -0.15) is 0 Å². The quantitative estimate of drug-likeness (QED) is 0.151. The van der Waals surface area contributed by atoms with Crippen LogP contribution in [0.25, 0.3) is 22.4 Å². The van der Waals surface area contributed by atoms with E-state index in [4.69, 9.17) is 23.9 Å². The highest BCUT2D eigenvalue weighted by molar-refractivity contribution is 9.10. The summed E-state index contributed by atoms with van der Waals surface area (Å²) in [5, 5.41) is 0. The highest BCUT2D eigenvalue weighted by Gasteiger charge is 2.24. The lowest BCUT2D eigenvalue weighted by Crippen LogP contribution is -2.11. The molecule has 0 spiro atoms. The molecule has 0 atom stereocenters. The fourth-order valence-electron chi connectivity index (χ4n) is 4.33. The lowest BCUT2D eigenvalue weighted by Gasteiger charge is -2.16. The zero-order chi connectivity index (χ0) is 26.6. The molecule has 38 heavy (non-hydrogen) atoms. The molecule has 5 rings (SSSR count). The molecular formula is C30H25BrN2O5. The van der Waals surface area contributed by atoms with Crippen molar-refractivity contribution in [3.63, 3.8) is 0 Å². The zero-order valence-electron chi connectivity index (χ0n) is 21.1. The number of benzene rings is 4. The lowest BCUT2D eigenvalue weighted by molar-refractivity contribution is 0.0732. The Hall–Kier alpha value is -4.30. The van der Waals surface area contributed by atoms with E-state index in [2.05, 4.69) is 38.7 Å². The van der Waals surface area contributed by atoms with Crippen LogP contribution in [-0.2, 0) is 6.54 Å². The number of para-hydroxylation sites is 2. The van der Waals surface area contributed by atoms with Crippen LogP contribution < -0.4 is 18.9 Å². The number of fused-ring (bicyclic) bond motifs is 1. The molecule has 0 fully saturated rings. The third-order valence-corrected chi connectivity index (χ3v) is 6.94. The van der Waals surface area contributed by atoms with Gasteiger partial charge in [0.25, 0.3) is 0 Å². The first-order valence-corrected chi connectivity index (χ1v) is 12.6. The third-order valence-electron chi connectivity index (χ3n) is 6.15. The standard InChI is InChI=1S/C30H25BrN2O5/c1-35-25-17-22(26(31)28(37-3)27(25)36-2)30(34)38-21-15-13-20(14-16-21)29-32-23-11-7-8-12-24(23)33(29)18-19-9-5-4-6-10-19/h4-17H,18H2,1-3H3. The molecule has 0 bridgehead atoms. The van der Waals surface area contributed by atoms with E-state index in [0.29, 0.717) is 34.0 Å². The van der Waals surface area contributed by atoms with E-state index in [1.807, 2.05) is 48.5 Å².